The minimum Gasteiger partial charge on any atom is -0.381 e. The van der Waals surface area contributed by atoms with E-state index in [0.717, 1.165) is 57.9 Å². The Kier molecular flexibility index (Phi) is 5.81. The Morgan fingerprint density at radius 2 is 1.85 bits per heavy atom. The van der Waals surface area contributed by atoms with Crippen LogP contribution in [0.15, 0.2) is 24.3 Å². The second-order valence-corrected chi connectivity index (χ2v) is 8.40. The number of nitrogens with zero attached hydrogens (tertiary/aromatic N) is 1. The first-order valence-corrected chi connectivity index (χ1v) is 10.3. The van der Waals surface area contributed by atoms with Crippen LogP contribution in [0.1, 0.15) is 30.4 Å². The molecule has 3 aliphatic heterocycles. The topological polar surface area (TPSA) is 48.0 Å². The molecule has 3 saturated heterocycles. The van der Waals surface area contributed by atoms with Gasteiger partial charge in [-0.3, -0.25) is 4.79 Å². The molecule has 0 aromatic heterocycles. The molecule has 0 saturated carbocycles. The second kappa shape index (κ2) is 8.29. The third-order valence-corrected chi connectivity index (χ3v) is 6.36. The molecule has 0 unspecified atom stereocenters. The monoisotopic (exact) mass is 373 g/mol. The van der Waals surface area contributed by atoms with Crippen molar-refractivity contribution >= 4 is 5.91 Å². The molecule has 0 N–H and O–H groups in total. The highest BCUT2D eigenvalue weighted by molar-refractivity contribution is 5.80. The number of benzene rings is 1. The number of rotatable bonds is 6. The zero-order chi connectivity index (χ0) is 18.7. The highest BCUT2D eigenvalue weighted by Gasteiger charge is 2.54. The summed E-state index contributed by atoms with van der Waals surface area (Å²) < 4.78 is 17.5. The summed E-state index contributed by atoms with van der Waals surface area (Å²) in [6.07, 6.45) is 3.72. The van der Waals surface area contributed by atoms with Gasteiger partial charge < -0.3 is 19.1 Å². The molecule has 27 heavy (non-hydrogen) atoms. The Balaban J connectivity index is 1.23. The molecule has 3 heterocycles. The molecule has 0 bridgehead atoms. The SMILES string of the molecule is Cc1ccc(CC(=O)N2CC3(C2)OCC[C@H]3COCC2CCOCC2)cc1. The lowest BCUT2D eigenvalue weighted by molar-refractivity contribution is -0.168. The Morgan fingerprint density at radius 1 is 1.11 bits per heavy atom. The van der Waals surface area contributed by atoms with Crippen LogP contribution in [0.5, 0.6) is 0 Å². The molecule has 4 rings (SSSR count). The third kappa shape index (κ3) is 4.36. The van der Waals surface area contributed by atoms with Gasteiger partial charge in [-0.05, 0) is 37.7 Å². The summed E-state index contributed by atoms with van der Waals surface area (Å²) in [6.45, 7) is 7.57. The van der Waals surface area contributed by atoms with Crippen molar-refractivity contribution in [2.24, 2.45) is 11.8 Å². The Labute approximate surface area is 162 Å². The third-order valence-electron chi connectivity index (χ3n) is 6.36. The lowest BCUT2D eigenvalue weighted by atomic mass is 9.81. The molecule has 5 nitrogen and oxygen atoms in total. The molecule has 1 atom stereocenters. The number of hydrogen-bond donors (Lipinski definition) is 0. The lowest BCUT2D eigenvalue weighted by Gasteiger charge is -2.50. The van der Waals surface area contributed by atoms with Gasteiger partial charge in [0.1, 0.15) is 5.60 Å². The molecule has 3 aliphatic rings. The van der Waals surface area contributed by atoms with Crippen molar-refractivity contribution in [2.45, 2.75) is 38.2 Å². The highest BCUT2D eigenvalue weighted by Crippen LogP contribution is 2.40. The van der Waals surface area contributed by atoms with E-state index in [1.807, 2.05) is 17.0 Å². The predicted molar refractivity (Wildman–Crippen MR) is 103 cm³/mol. The summed E-state index contributed by atoms with van der Waals surface area (Å²) in [5.41, 5.74) is 2.13. The van der Waals surface area contributed by atoms with Crippen LogP contribution in [0.4, 0.5) is 0 Å². The van der Waals surface area contributed by atoms with Gasteiger partial charge >= 0.3 is 0 Å². The van der Waals surface area contributed by atoms with E-state index >= 15 is 0 Å². The summed E-state index contributed by atoms with van der Waals surface area (Å²) in [4.78, 5) is 14.5. The zero-order valence-corrected chi connectivity index (χ0v) is 16.3. The summed E-state index contributed by atoms with van der Waals surface area (Å²) in [7, 11) is 0. The van der Waals surface area contributed by atoms with Gasteiger partial charge in [-0.25, -0.2) is 0 Å². The molecule has 0 radical (unpaired) electrons. The fourth-order valence-corrected chi connectivity index (χ4v) is 4.43. The van der Waals surface area contributed by atoms with Crippen LogP contribution >= 0.6 is 0 Å². The molecular weight excluding hydrogens is 342 g/mol. The number of hydrogen-bond acceptors (Lipinski definition) is 4. The Morgan fingerprint density at radius 3 is 2.59 bits per heavy atom. The molecule has 5 heteroatoms. The maximum atomic E-state index is 12.6. The first kappa shape index (κ1) is 18.9. The maximum absolute atomic E-state index is 12.6. The number of aryl methyl sites for hydroxylation is 1. The zero-order valence-electron chi connectivity index (χ0n) is 16.3. The molecule has 0 aliphatic carbocycles. The fraction of sp³-hybridized carbons (Fsp3) is 0.682. The van der Waals surface area contributed by atoms with Gasteiger partial charge in [0.15, 0.2) is 0 Å². The molecule has 3 fully saturated rings. The Bertz CT molecular complexity index is 632. The number of carbonyl (C=O) groups excluding carboxylic acids is 1. The number of carbonyl (C=O) groups is 1. The van der Waals surface area contributed by atoms with Crippen LogP contribution < -0.4 is 0 Å². The van der Waals surface area contributed by atoms with Crippen LogP contribution in [0.3, 0.4) is 0 Å². The number of amides is 1. The first-order valence-electron chi connectivity index (χ1n) is 10.3. The van der Waals surface area contributed by atoms with Gasteiger partial charge in [0.05, 0.1) is 26.1 Å². The number of likely N-dealkylation sites (tertiary alicyclic amines) is 1. The summed E-state index contributed by atoms with van der Waals surface area (Å²) in [5, 5.41) is 0. The fourth-order valence-electron chi connectivity index (χ4n) is 4.43. The average molecular weight is 373 g/mol. The molecule has 148 valence electrons. The maximum Gasteiger partial charge on any atom is 0.227 e. The van der Waals surface area contributed by atoms with Crippen molar-refractivity contribution in [3.05, 3.63) is 35.4 Å². The quantitative estimate of drug-likeness (QED) is 0.769. The van der Waals surface area contributed by atoms with E-state index in [2.05, 4.69) is 19.1 Å². The largest absolute Gasteiger partial charge is 0.381 e. The van der Waals surface area contributed by atoms with Crippen LogP contribution in [0.2, 0.25) is 0 Å². The van der Waals surface area contributed by atoms with Gasteiger partial charge in [-0.15, -0.1) is 0 Å². The van der Waals surface area contributed by atoms with Gasteiger partial charge in [0, 0.05) is 32.3 Å². The van der Waals surface area contributed by atoms with E-state index in [1.165, 1.54) is 5.56 Å². The standard InChI is InChI=1S/C22H31NO4/c1-17-2-4-18(5-3-17)12-21(24)23-15-22(16-23)20(8-11-27-22)14-26-13-19-6-9-25-10-7-19/h2-5,19-20H,6-16H2,1H3/t20-/m0/s1. The van der Waals surface area contributed by atoms with Crippen molar-refractivity contribution in [3.63, 3.8) is 0 Å². The minimum atomic E-state index is -0.168. The molecule has 1 aromatic rings. The highest BCUT2D eigenvalue weighted by atomic mass is 16.5. The summed E-state index contributed by atoms with van der Waals surface area (Å²) in [6, 6.07) is 8.21. The van der Waals surface area contributed by atoms with Crippen LogP contribution in [-0.4, -0.2) is 62.5 Å². The van der Waals surface area contributed by atoms with Gasteiger partial charge in [0.2, 0.25) is 5.91 Å². The Hall–Kier alpha value is -1.43. The summed E-state index contributed by atoms with van der Waals surface area (Å²) >= 11 is 0. The van der Waals surface area contributed by atoms with Gasteiger partial charge in [-0.2, -0.15) is 0 Å². The summed E-state index contributed by atoms with van der Waals surface area (Å²) in [5.74, 6) is 1.23. The number of ether oxygens (including phenoxy) is 3. The van der Waals surface area contributed by atoms with Crippen LogP contribution in [0.25, 0.3) is 0 Å². The van der Waals surface area contributed by atoms with E-state index in [-0.39, 0.29) is 11.5 Å². The van der Waals surface area contributed by atoms with Crippen molar-refractivity contribution in [3.8, 4) is 0 Å². The van der Waals surface area contributed by atoms with E-state index in [1.54, 1.807) is 0 Å². The smallest absolute Gasteiger partial charge is 0.227 e. The van der Waals surface area contributed by atoms with Gasteiger partial charge in [0.25, 0.3) is 0 Å². The van der Waals surface area contributed by atoms with Crippen molar-refractivity contribution in [2.75, 3.05) is 46.1 Å². The average Bonchev–Trinajstić information content (AvgIpc) is 3.07. The van der Waals surface area contributed by atoms with E-state index in [9.17, 15) is 4.79 Å². The first-order chi connectivity index (χ1) is 13.1. The molecule has 1 amide bonds. The van der Waals surface area contributed by atoms with E-state index in [4.69, 9.17) is 14.2 Å². The second-order valence-electron chi connectivity index (χ2n) is 8.40. The van der Waals surface area contributed by atoms with E-state index in [0.29, 0.717) is 31.3 Å². The molecule has 1 aromatic carbocycles. The van der Waals surface area contributed by atoms with Crippen molar-refractivity contribution in [1.82, 2.24) is 4.90 Å². The van der Waals surface area contributed by atoms with Crippen molar-refractivity contribution < 1.29 is 19.0 Å². The van der Waals surface area contributed by atoms with Crippen molar-refractivity contribution in [1.29, 1.82) is 0 Å². The lowest BCUT2D eigenvalue weighted by Crippen LogP contribution is -2.66. The van der Waals surface area contributed by atoms with Crippen LogP contribution in [-0.2, 0) is 25.4 Å². The van der Waals surface area contributed by atoms with E-state index < -0.39 is 0 Å². The minimum absolute atomic E-state index is 0.168. The predicted octanol–water partition coefficient (Wildman–Crippen LogP) is 2.60. The van der Waals surface area contributed by atoms with Gasteiger partial charge in [-0.1, -0.05) is 29.8 Å². The van der Waals surface area contributed by atoms with Crippen LogP contribution in [0, 0.1) is 18.8 Å². The normalized spacial score (nSPS) is 24.9. The molecule has 1 spiro atoms. The molecular formula is C22H31NO4.